The van der Waals surface area contributed by atoms with Crippen molar-refractivity contribution in [3.8, 4) is 5.75 Å². The van der Waals surface area contributed by atoms with E-state index < -0.39 is 23.7 Å². The number of imide groups is 2. The number of anilines is 1. The van der Waals surface area contributed by atoms with Gasteiger partial charge in [-0.25, -0.2) is 14.1 Å². The largest absolute Gasteiger partial charge is 0.488 e. The number of carbonyl (C=O) groups excluding carboxylic acids is 3. The molecule has 0 bridgehead atoms. The van der Waals surface area contributed by atoms with Gasteiger partial charge in [-0.15, -0.1) is 0 Å². The molecule has 6 nitrogen and oxygen atoms in total. The predicted molar refractivity (Wildman–Crippen MR) is 125 cm³/mol. The maximum Gasteiger partial charge on any atom is 0.335 e. The van der Waals surface area contributed by atoms with Crippen LogP contribution in [0, 0.1) is 12.7 Å². The first-order valence-corrected chi connectivity index (χ1v) is 10.8. The highest BCUT2D eigenvalue weighted by Crippen LogP contribution is 2.29. The van der Waals surface area contributed by atoms with Crippen molar-refractivity contribution in [2.24, 2.45) is 0 Å². The van der Waals surface area contributed by atoms with Crippen LogP contribution in [-0.4, -0.2) is 17.8 Å². The molecule has 1 aliphatic heterocycles. The number of carbonyl (C=O) groups is 3. The molecule has 0 aromatic heterocycles. The molecule has 1 N–H and O–H groups in total. The molecule has 1 heterocycles. The smallest absolute Gasteiger partial charge is 0.335 e. The summed E-state index contributed by atoms with van der Waals surface area (Å²) < 4.78 is 20.5. The lowest BCUT2D eigenvalue weighted by atomic mass is 10.0. The zero-order chi connectivity index (χ0) is 23.5. The first-order chi connectivity index (χ1) is 15.8. The van der Waals surface area contributed by atoms with E-state index in [1.807, 2.05) is 0 Å². The Balaban J connectivity index is 1.67. The molecular weight excluding hydrogens is 491 g/mol. The third-order valence-electron chi connectivity index (χ3n) is 5.06. The Morgan fingerprint density at radius 2 is 1.76 bits per heavy atom. The van der Waals surface area contributed by atoms with E-state index in [2.05, 4.69) is 21.2 Å². The zero-order valence-corrected chi connectivity index (χ0v) is 19.1. The van der Waals surface area contributed by atoms with Crippen molar-refractivity contribution in [1.82, 2.24) is 5.32 Å². The standard InChI is InChI=1S/C25H18BrFN2O4/c1-15-12-18(26)10-11-21(15)29-24(31)19(23(30)28-25(29)32)13-16-6-3-5-9-22(16)33-14-17-7-2-4-8-20(17)27/h2-13H,14H2,1H3,(H,28,30,32)/b19-13-. The number of benzene rings is 3. The molecule has 0 aliphatic carbocycles. The normalized spacial score (nSPS) is 15.1. The average Bonchev–Trinajstić information content (AvgIpc) is 2.78. The Labute approximate surface area is 197 Å². The molecule has 0 atom stereocenters. The van der Waals surface area contributed by atoms with E-state index in [0.29, 0.717) is 28.1 Å². The van der Waals surface area contributed by atoms with Gasteiger partial charge in [0.1, 0.15) is 23.7 Å². The summed E-state index contributed by atoms with van der Waals surface area (Å²) in [4.78, 5) is 39.1. The van der Waals surface area contributed by atoms with Crippen LogP contribution < -0.4 is 15.0 Å². The number of rotatable bonds is 5. The molecular formula is C25H18BrFN2O4. The van der Waals surface area contributed by atoms with Gasteiger partial charge in [-0.1, -0.05) is 52.3 Å². The van der Waals surface area contributed by atoms with Crippen LogP contribution in [0.25, 0.3) is 6.08 Å². The Morgan fingerprint density at radius 1 is 1.03 bits per heavy atom. The van der Waals surface area contributed by atoms with Crippen LogP contribution in [0.4, 0.5) is 14.9 Å². The van der Waals surface area contributed by atoms with Gasteiger partial charge < -0.3 is 4.74 Å². The molecule has 33 heavy (non-hydrogen) atoms. The van der Waals surface area contributed by atoms with Crippen LogP contribution in [-0.2, 0) is 16.2 Å². The zero-order valence-electron chi connectivity index (χ0n) is 17.5. The van der Waals surface area contributed by atoms with Gasteiger partial charge in [0.25, 0.3) is 11.8 Å². The fourth-order valence-electron chi connectivity index (χ4n) is 3.40. The maximum atomic E-state index is 13.9. The van der Waals surface area contributed by atoms with Crippen LogP contribution in [0.3, 0.4) is 0 Å². The van der Waals surface area contributed by atoms with Gasteiger partial charge in [-0.3, -0.25) is 14.9 Å². The number of ether oxygens (including phenoxy) is 1. The van der Waals surface area contributed by atoms with E-state index in [1.165, 1.54) is 12.1 Å². The molecule has 0 unspecified atom stereocenters. The van der Waals surface area contributed by atoms with Crippen LogP contribution in [0.2, 0.25) is 0 Å². The lowest BCUT2D eigenvalue weighted by molar-refractivity contribution is -0.122. The molecule has 4 amide bonds. The number of hydrogen-bond acceptors (Lipinski definition) is 4. The minimum absolute atomic E-state index is 0.0320. The summed E-state index contributed by atoms with van der Waals surface area (Å²) in [5.74, 6) is -1.59. The predicted octanol–water partition coefficient (Wildman–Crippen LogP) is 5.14. The highest BCUT2D eigenvalue weighted by Gasteiger charge is 2.37. The van der Waals surface area contributed by atoms with Crippen LogP contribution in [0.1, 0.15) is 16.7 Å². The molecule has 4 rings (SSSR count). The van der Waals surface area contributed by atoms with Gasteiger partial charge >= 0.3 is 6.03 Å². The molecule has 8 heteroatoms. The molecule has 0 spiro atoms. The topological polar surface area (TPSA) is 75.7 Å². The number of aryl methyl sites for hydroxylation is 1. The molecule has 3 aromatic carbocycles. The Kier molecular flexibility index (Phi) is 6.37. The summed E-state index contributed by atoms with van der Waals surface area (Å²) in [6.07, 6.45) is 1.36. The molecule has 0 radical (unpaired) electrons. The molecule has 1 fully saturated rings. The Hall–Kier alpha value is -3.78. The van der Waals surface area contributed by atoms with Crippen LogP contribution >= 0.6 is 15.9 Å². The summed E-state index contributed by atoms with van der Waals surface area (Å²) in [6.45, 7) is 1.72. The van der Waals surface area contributed by atoms with Crippen molar-refractivity contribution < 1.29 is 23.5 Å². The quantitative estimate of drug-likeness (QED) is 0.382. The van der Waals surface area contributed by atoms with Gasteiger partial charge in [0, 0.05) is 15.6 Å². The fraction of sp³-hybridized carbons (Fsp3) is 0.0800. The number of urea groups is 1. The van der Waals surface area contributed by atoms with E-state index >= 15 is 0 Å². The fourth-order valence-corrected chi connectivity index (χ4v) is 3.88. The minimum atomic E-state index is -0.823. The van der Waals surface area contributed by atoms with Crippen molar-refractivity contribution >= 4 is 45.5 Å². The number of barbiturate groups is 1. The van der Waals surface area contributed by atoms with Gasteiger partial charge in [0.2, 0.25) is 0 Å². The van der Waals surface area contributed by atoms with Crippen LogP contribution in [0.5, 0.6) is 5.75 Å². The number of halogens is 2. The summed E-state index contributed by atoms with van der Waals surface area (Å²) in [6, 6.07) is 17.3. The molecule has 166 valence electrons. The maximum absolute atomic E-state index is 13.9. The first kappa shape index (κ1) is 22.4. The van der Waals surface area contributed by atoms with Crippen molar-refractivity contribution in [2.75, 3.05) is 4.90 Å². The summed E-state index contributed by atoms with van der Waals surface area (Å²) in [5.41, 5.74) is 1.63. The highest BCUT2D eigenvalue weighted by atomic mass is 79.9. The second kappa shape index (κ2) is 9.38. The highest BCUT2D eigenvalue weighted by molar-refractivity contribution is 9.10. The summed E-state index contributed by atoms with van der Waals surface area (Å²) >= 11 is 3.35. The molecule has 1 aliphatic rings. The van der Waals surface area contributed by atoms with Gasteiger partial charge in [-0.05, 0) is 48.9 Å². The number of amides is 4. The van der Waals surface area contributed by atoms with E-state index in [1.54, 1.807) is 67.6 Å². The van der Waals surface area contributed by atoms with Crippen molar-refractivity contribution in [3.63, 3.8) is 0 Å². The Bertz CT molecular complexity index is 1310. The number of nitrogens with zero attached hydrogens (tertiary/aromatic N) is 1. The second-order valence-corrected chi connectivity index (χ2v) is 8.22. The number of nitrogens with one attached hydrogen (secondary N) is 1. The van der Waals surface area contributed by atoms with Gasteiger partial charge in [-0.2, -0.15) is 0 Å². The Morgan fingerprint density at radius 3 is 2.52 bits per heavy atom. The third-order valence-corrected chi connectivity index (χ3v) is 5.55. The van der Waals surface area contributed by atoms with Crippen molar-refractivity contribution in [2.45, 2.75) is 13.5 Å². The average molecular weight is 509 g/mol. The summed E-state index contributed by atoms with van der Waals surface area (Å²) in [7, 11) is 0. The second-order valence-electron chi connectivity index (χ2n) is 7.31. The number of para-hydroxylation sites is 1. The van der Waals surface area contributed by atoms with Gasteiger partial charge in [0.15, 0.2) is 0 Å². The lowest BCUT2D eigenvalue weighted by Crippen LogP contribution is -2.54. The molecule has 1 saturated heterocycles. The van der Waals surface area contributed by atoms with E-state index in [4.69, 9.17) is 4.74 Å². The summed E-state index contributed by atoms with van der Waals surface area (Å²) in [5, 5.41) is 2.21. The third kappa shape index (κ3) is 4.70. The van der Waals surface area contributed by atoms with E-state index in [0.717, 1.165) is 9.37 Å². The first-order valence-electron chi connectivity index (χ1n) is 9.98. The minimum Gasteiger partial charge on any atom is -0.488 e. The van der Waals surface area contributed by atoms with Crippen molar-refractivity contribution in [1.29, 1.82) is 0 Å². The van der Waals surface area contributed by atoms with E-state index in [9.17, 15) is 18.8 Å². The SMILES string of the molecule is Cc1cc(Br)ccc1N1C(=O)NC(=O)/C(=C/c2ccccc2OCc2ccccc2F)C1=O. The molecule has 3 aromatic rings. The van der Waals surface area contributed by atoms with Gasteiger partial charge in [0.05, 0.1) is 5.69 Å². The van der Waals surface area contributed by atoms with E-state index in [-0.39, 0.29) is 12.2 Å². The lowest BCUT2D eigenvalue weighted by Gasteiger charge is -2.27. The van der Waals surface area contributed by atoms with Crippen LogP contribution in [0.15, 0.2) is 76.8 Å². The molecule has 0 saturated carbocycles. The van der Waals surface area contributed by atoms with Crippen molar-refractivity contribution in [3.05, 3.63) is 99.3 Å². The monoisotopic (exact) mass is 508 g/mol. The number of hydrogen-bond donors (Lipinski definition) is 1.